The van der Waals surface area contributed by atoms with E-state index in [1.165, 1.54) is 18.2 Å². The Bertz CT molecular complexity index is 1280. The van der Waals surface area contributed by atoms with Crippen molar-refractivity contribution in [3.63, 3.8) is 0 Å². The third-order valence-electron chi connectivity index (χ3n) is 4.28. The monoisotopic (exact) mass is 416 g/mol. The van der Waals surface area contributed by atoms with Gasteiger partial charge in [0.1, 0.15) is 4.90 Å². The van der Waals surface area contributed by atoms with E-state index < -0.39 is 10.0 Å². The van der Waals surface area contributed by atoms with E-state index in [4.69, 9.17) is 16.7 Å². The number of fused-ring (bicyclic) bond motifs is 1. The molecule has 0 fully saturated rings. The highest BCUT2D eigenvalue weighted by Crippen LogP contribution is 2.31. The fourth-order valence-corrected chi connectivity index (χ4v) is 4.68. The molecule has 8 heteroatoms. The van der Waals surface area contributed by atoms with Gasteiger partial charge < -0.3 is 4.98 Å². The molecule has 27 heavy (non-hydrogen) atoms. The van der Waals surface area contributed by atoms with Gasteiger partial charge in [-0.3, -0.25) is 4.79 Å². The van der Waals surface area contributed by atoms with Crippen LogP contribution in [0.2, 0.25) is 5.02 Å². The minimum Gasteiger partial charge on any atom is -0.361 e. The van der Waals surface area contributed by atoms with Crippen molar-refractivity contribution >= 4 is 49.6 Å². The molecule has 2 aromatic carbocycles. The Morgan fingerprint density at radius 2 is 1.81 bits per heavy atom. The average Bonchev–Trinajstić information content (AvgIpc) is 3.29. The fraction of sp³-hybridized carbons (Fsp3) is 0. The average molecular weight is 417 g/mol. The number of aromatic nitrogens is 1. The first-order valence-electron chi connectivity index (χ1n) is 7.85. The second-order valence-electron chi connectivity index (χ2n) is 5.99. The van der Waals surface area contributed by atoms with E-state index in [1.54, 1.807) is 23.5 Å². The first kappa shape index (κ1) is 17.9. The van der Waals surface area contributed by atoms with Gasteiger partial charge in [0.15, 0.2) is 5.78 Å². The lowest BCUT2D eigenvalue weighted by atomic mass is 10.0. The second-order valence-corrected chi connectivity index (χ2v) is 8.71. The van der Waals surface area contributed by atoms with Crippen molar-refractivity contribution in [1.82, 2.24) is 4.98 Å². The van der Waals surface area contributed by atoms with Crippen molar-refractivity contribution in [1.29, 1.82) is 0 Å². The SMILES string of the molecule is NS(=O)(=O)c1cc(C(=O)c2ccc3c(-c4ccsc4)c[nH]c3c2)ccc1Cl. The van der Waals surface area contributed by atoms with Crippen LogP contribution >= 0.6 is 22.9 Å². The number of carbonyl (C=O) groups excluding carboxylic acids is 1. The molecule has 136 valence electrons. The van der Waals surface area contributed by atoms with Crippen LogP contribution in [-0.4, -0.2) is 19.2 Å². The lowest BCUT2D eigenvalue weighted by Gasteiger charge is -2.06. The number of hydrogen-bond donors (Lipinski definition) is 2. The van der Waals surface area contributed by atoms with Crippen LogP contribution < -0.4 is 5.14 Å². The number of halogens is 1. The third kappa shape index (κ3) is 3.30. The molecule has 0 spiro atoms. The molecule has 0 saturated heterocycles. The molecule has 0 unspecified atom stereocenters. The van der Waals surface area contributed by atoms with Crippen molar-refractivity contribution in [2.75, 3.05) is 0 Å². The Kier molecular flexibility index (Phi) is 4.39. The molecule has 4 rings (SSSR count). The Labute approximate surface area is 164 Å². The molecule has 2 heterocycles. The van der Waals surface area contributed by atoms with Crippen LogP contribution in [0.4, 0.5) is 0 Å². The van der Waals surface area contributed by atoms with Gasteiger partial charge in [-0.05, 0) is 46.7 Å². The molecule has 0 aliphatic rings. The molecule has 0 atom stereocenters. The largest absolute Gasteiger partial charge is 0.361 e. The van der Waals surface area contributed by atoms with Crippen LogP contribution in [0.5, 0.6) is 0 Å². The molecule has 3 N–H and O–H groups in total. The lowest BCUT2D eigenvalue weighted by molar-refractivity contribution is 0.103. The number of primary sulfonamides is 1. The number of thiophene rings is 1. The summed E-state index contributed by atoms with van der Waals surface area (Å²) in [5.74, 6) is -0.315. The van der Waals surface area contributed by atoms with Gasteiger partial charge in [-0.2, -0.15) is 11.3 Å². The zero-order chi connectivity index (χ0) is 19.2. The minimum absolute atomic E-state index is 0.0192. The number of nitrogens with two attached hydrogens (primary N) is 1. The van der Waals surface area contributed by atoms with Gasteiger partial charge in [0.05, 0.1) is 5.02 Å². The second kappa shape index (κ2) is 6.61. The van der Waals surface area contributed by atoms with E-state index in [2.05, 4.69) is 10.4 Å². The quantitative estimate of drug-likeness (QED) is 0.482. The summed E-state index contributed by atoms with van der Waals surface area (Å²) in [6.45, 7) is 0. The first-order valence-corrected chi connectivity index (χ1v) is 10.7. The summed E-state index contributed by atoms with van der Waals surface area (Å²) in [5, 5.41) is 10.2. The van der Waals surface area contributed by atoms with Crippen molar-refractivity contribution in [3.8, 4) is 11.1 Å². The Hall–Kier alpha value is -2.45. The van der Waals surface area contributed by atoms with Crippen molar-refractivity contribution < 1.29 is 13.2 Å². The predicted molar refractivity (Wildman–Crippen MR) is 108 cm³/mol. The van der Waals surface area contributed by atoms with E-state index in [9.17, 15) is 13.2 Å². The minimum atomic E-state index is -4.02. The number of hydrogen-bond acceptors (Lipinski definition) is 4. The molecular weight excluding hydrogens is 404 g/mol. The molecule has 0 bridgehead atoms. The maximum atomic E-state index is 12.8. The van der Waals surface area contributed by atoms with Gasteiger partial charge in [-0.15, -0.1) is 0 Å². The Balaban J connectivity index is 1.76. The van der Waals surface area contributed by atoms with E-state index >= 15 is 0 Å². The summed E-state index contributed by atoms with van der Waals surface area (Å²) < 4.78 is 23.3. The topological polar surface area (TPSA) is 93.0 Å². The number of benzene rings is 2. The smallest absolute Gasteiger partial charge is 0.239 e. The molecule has 0 radical (unpaired) electrons. The van der Waals surface area contributed by atoms with Crippen LogP contribution in [0.3, 0.4) is 0 Å². The van der Waals surface area contributed by atoms with E-state index in [1.807, 2.05) is 23.7 Å². The van der Waals surface area contributed by atoms with Crippen LogP contribution in [-0.2, 0) is 10.0 Å². The summed E-state index contributed by atoms with van der Waals surface area (Å²) >= 11 is 7.50. The van der Waals surface area contributed by atoms with Crippen molar-refractivity contribution in [2.24, 2.45) is 5.14 Å². The van der Waals surface area contributed by atoms with Crippen molar-refractivity contribution in [3.05, 3.63) is 75.6 Å². The molecular formula is C19H13ClN2O3S2. The fourth-order valence-electron chi connectivity index (χ4n) is 2.95. The summed E-state index contributed by atoms with van der Waals surface area (Å²) in [6.07, 6.45) is 1.91. The van der Waals surface area contributed by atoms with Gasteiger partial charge in [-0.1, -0.05) is 23.7 Å². The van der Waals surface area contributed by atoms with E-state index in [0.717, 1.165) is 22.0 Å². The number of rotatable bonds is 4. The van der Waals surface area contributed by atoms with Gasteiger partial charge in [0.2, 0.25) is 10.0 Å². The highest BCUT2D eigenvalue weighted by Gasteiger charge is 2.18. The molecule has 2 aromatic heterocycles. The Morgan fingerprint density at radius 3 is 2.52 bits per heavy atom. The van der Waals surface area contributed by atoms with Crippen LogP contribution in [0.25, 0.3) is 22.0 Å². The Morgan fingerprint density at radius 1 is 1.07 bits per heavy atom. The zero-order valence-electron chi connectivity index (χ0n) is 13.8. The highest BCUT2D eigenvalue weighted by molar-refractivity contribution is 7.89. The molecule has 0 saturated carbocycles. The molecule has 5 nitrogen and oxygen atoms in total. The number of nitrogens with one attached hydrogen (secondary N) is 1. The number of sulfonamides is 1. The lowest BCUT2D eigenvalue weighted by Crippen LogP contribution is -2.14. The van der Waals surface area contributed by atoms with Gasteiger partial charge in [0, 0.05) is 33.8 Å². The normalized spacial score (nSPS) is 11.8. The number of aromatic amines is 1. The highest BCUT2D eigenvalue weighted by atomic mass is 35.5. The number of carbonyl (C=O) groups is 1. The number of H-pyrrole nitrogens is 1. The zero-order valence-corrected chi connectivity index (χ0v) is 16.2. The van der Waals surface area contributed by atoms with Crippen LogP contribution in [0, 0.1) is 0 Å². The maximum absolute atomic E-state index is 12.8. The molecule has 0 amide bonds. The molecule has 0 aliphatic carbocycles. The van der Waals surface area contributed by atoms with Gasteiger partial charge >= 0.3 is 0 Å². The van der Waals surface area contributed by atoms with Crippen LogP contribution in [0.15, 0.2) is 64.3 Å². The summed E-state index contributed by atoms with van der Waals surface area (Å²) in [7, 11) is -4.02. The maximum Gasteiger partial charge on any atom is 0.239 e. The van der Waals surface area contributed by atoms with E-state index in [-0.39, 0.29) is 21.3 Å². The molecule has 4 aromatic rings. The van der Waals surface area contributed by atoms with Gasteiger partial charge in [-0.25, -0.2) is 13.6 Å². The first-order chi connectivity index (χ1) is 12.8. The summed E-state index contributed by atoms with van der Waals surface area (Å²) in [5.41, 5.74) is 3.63. The summed E-state index contributed by atoms with van der Waals surface area (Å²) in [4.78, 5) is 15.7. The van der Waals surface area contributed by atoms with Crippen LogP contribution in [0.1, 0.15) is 15.9 Å². The van der Waals surface area contributed by atoms with Crippen molar-refractivity contribution in [2.45, 2.75) is 4.90 Å². The third-order valence-corrected chi connectivity index (χ3v) is 6.35. The summed E-state index contributed by atoms with van der Waals surface area (Å²) in [6, 6.07) is 11.4. The predicted octanol–water partition coefficient (Wildman–Crippen LogP) is 4.43. The van der Waals surface area contributed by atoms with Gasteiger partial charge in [0.25, 0.3) is 0 Å². The van der Waals surface area contributed by atoms with E-state index in [0.29, 0.717) is 5.56 Å². The number of ketones is 1. The molecule has 0 aliphatic heterocycles. The standard InChI is InChI=1S/C19H13ClN2O3S2/c20-16-4-2-12(8-18(16)27(21,24)25)19(23)11-1-3-14-15(9-22-17(14)7-11)13-5-6-26-10-13/h1-10,22H,(H2,21,24,25).